The molecule has 2 aromatic heterocycles. The molecule has 8 heteroatoms. The third kappa shape index (κ3) is 4.75. The van der Waals surface area contributed by atoms with Crippen LogP contribution in [0.25, 0.3) is 20.3 Å². The van der Waals surface area contributed by atoms with Crippen LogP contribution in [0.3, 0.4) is 0 Å². The average molecular weight is 407 g/mol. The number of thiophene rings is 1. The van der Waals surface area contributed by atoms with Gasteiger partial charge in [-0.1, -0.05) is 31.7 Å². The summed E-state index contributed by atoms with van der Waals surface area (Å²) in [6.45, 7) is 7.99. The summed E-state index contributed by atoms with van der Waals surface area (Å²) in [5, 5.41) is 4.21. The predicted octanol–water partition coefficient (Wildman–Crippen LogP) is 3.92. The van der Waals surface area contributed by atoms with E-state index < -0.39 is 0 Å². The van der Waals surface area contributed by atoms with Crippen molar-refractivity contribution in [2.45, 2.75) is 25.3 Å². The lowest BCUT2D eigenvalue weighted by Gasteiger charge is -2.17. The molecule has 0 aliphatic carbocycles. The number of halogens is 1. The number of hydrogen-bond acceptors (Lipinski definition) is 6. The number of fused-ring (bicyclic) bond motifs is 3. The number of carbonyl (C=O) groups excluding carboxylic acids is 1. The van der Waals surface area contributed by atoms with Crippen molar-refractivity contribution in [1.29, 1.82) is 0 Å². The molecule has 27 heavy (non-hydrogen) atoms. The number of carbonyl (C=O) groups is 1. The molecule has 5 nitrogen and oxygen atoms in total. The maximum atomic E-state index is 14.1. The topological polar surface area (TPSA) is 58.1 Å². The second-order valence-electron chi connectivity index (χ2n) is 6.09. The third-order valence-electron chi connectivity index (χ3n) is 4.40. The summed E-state index contributed by atoms with van der Waals surface area (Å²) < 4.78 is 15.8. The van der Waals surface area contributed by atoms with E-state index in [9.17, 15) is 9.18 Å². The number of thioether (sulfide) groups is 1. The fourth-order valence-electron chi connectivity index (χ4n) is 2.91. The molecule has 1 N–H and O–H groups in total. The van der Waals surface area contributed by atoms with Crippen LogP contribution < -0.4 is 5.32 Å². The van der Waals surface area contributed by atoms with Gasteiger partial charge in [0.15, 0.2) is 0 Å². The molecule has 0 saturated heterocycles. The van der Waals surface area contributed by atoms with E-state index in [1.165, 1.54) is 35.5 Å². The summed E-state index contributed by atoms with van der Waals surface area (Å²) >= 11 is 2.83. The Kier molecular flexibility index (Phi) is 6.98. The molecule has 0 unspecified atom stereocenters. The first-order chi connectivity index (χ1) is 13.1. The van der Waals surface area contributed by atoms with Gasteiger partial charge < -0.3 is 10.2 Å². The molecule has 3 aromatic rings. The number of benzene rings is 1. The molecular weight excluding hydrogens is 383 g/mol. The van der Waals surface area contributed by atoms with Crippen molar-refractivity contribution in [1.82, 2.24) is 20.2 Å². The highest BCUT2D eigenvalue weighted by molar-refractivity contribution is 8.00. The molecule has 0 spiro atoms. The molecular formula is C19H23FN4OS2. The van der Waals surface area contributed by atoms with E-state index in [1.54, 1.807) is 6.07 Å². The van der Waals surface area contributed by atoms with Crippen LogP contribution in [-0.4, -0.2) is 52.7 Å². The van der Waals surface area contributed by atoms with E-state index >= 15 is 0 Å². The van der Waals surface area contributed by atoms with Crippen molar-refractivity contribution >= 4 is 49.3 Å². The fourth-order valence-corrected chi connectivity index (χ4v) is 4.99. The SMILES string of the molecule is CCN(CC)CCCNC(=O)CSc1ncnc2c1sc1cccc(F)c12. The molecule has 0 saturated carbocycles. The molecule has 0 radical (unpaired) electrons. The van der Waals surface area contributed by atoms with E-state index in [0.29, 0.717) is 17.4 Å². The maximum absolute atomic E-state index is 14.1. The van der Waals surface area contributed by atoms with Crippen molar-refractivity contribution in [2.75, 3.05) is 31.9 Å². The standard InChI is InChI=1S/C19H23FN4OS2/c1-3-24(4-2)10-6-9-21-15(25)11-26-19-18-17(22-12-23-19)16-13(20)7-5-8-14(16)27-18/h5,7-8,12H,3-4,6,9-11H2,1-2H3,(H,21,25). The van der Waals surface area contributed by atoms with Crippen LogP contribution in [0.5, 0.6) is 0 Å². The number of rotatable bonds is 9. The van der Waals surface area contributed by atoms with Crippen molar-refractivity contribution in [3.8, 4) is 0 Å². The number of hydrogen-bond donors (Lipinski definition) is 1. The van der Waals surface area contributed by atoms with Crippen LogP contribution in [0.1, 0.15) is 20.3 Å². The Morgan fingerprint density at radius 2 is 2.11 bits per heavy atom. The molecule has 1 aromatic carbocycles. The van der Waals surface area contributed by atoms with Crippen molar-refractivity contribution < 1.29 is 9.18 Å². The van der Waals surface area contributed by atoms with Gasteiger partial charge >= 0.3 is 0 Å². The predicted molar refractivity (Wildman–Crippen MR) is 111 cm³/mol. The molecule has 144 valence electrons. The highest BCUT2D eigenvalue weighted by atomic mass is 32.2. The van der Waals surface area contributed by atoms with Gasteiger partial charge in [-0.15, -0.1) is 11.3 Å². The van der Waals surface area contributed by atoms with Gasteiger partial charge in [0.1, 0.15) is 17.2 Å². The minimum atomic E-state index is -0.278. The highest BCUT2D eigenvalue weighted by Gasteiger charge is 2.15. The minimum absolute atomic E-state index is 0.0152. The number of nitrogens with zero attached hydrogens (tertiary/aromatic N) is 3. The quantitative estimate of drug-likeness (QED) is 0.332. The zero-order chi connectivity index (χ0) is 19.2. The normalized spacial score (nSPS) is 11.6. The number of aromatic nitrogens is 2. The second-order valence-corrected chi connectivity index (χ2v) is 8.11. The first-order valence-electron chi connectivity index (χ1n) is 9.07. The summed E-state index contributed by atoms with van der Waals surface area (Å²) in [6.07, 6.45) is 2.37. The van der Waals surface area contributed by atoms with Gasteiger partial charge in [-0.2, -0.15) is 0 Å². The maximum Gasteiger partial charge on any atom is 0.230 e. The third-order valence-corrected chi connectivity index (χ3v) is 6.67. The average Bonchev–Trinajstić information content (AvgIpc) is 3.07. The Labute approximate surface area is 166 Å². The highest BCUT2D eigenvalue weighted by Crippen LogP contribution is 2.38. The lowest BCUT2D eigenvalue weighted by atomic mass is 10.2. The smallest absolute Gasteiger partial charge is 0.230 e. The molecule has 0 bridgehead atoms. The van der Waals surface area contributed by atoms with Crippen LogP contribution in [0.2, 0.25) is 0 Å². The Hall–Kier alpha value is -1.77. The summed E-state index contributed by atoms with van der Waals surface area (Å²) in [4.78, 5) is 23.0. The van der Waals surface area contributed by atoms with Gasteiger partial charge in [-0.05, 0) is 38.2 Å². The number of amides is 1. The molecule has 1 amide bonds. The van der Waals surface area contributed by atoms with E-state index in [1.807, 2.05) is 6.07 Å². The van der Waals surface area contributed by atoms with E-state index in [-0.39, 0.29) is 17.5 Å². The van der Waals surface area contributed by atoms with E-state index in [0.717, 1.165) is 40.5 Å². The van der Waals surface area contributed by atoms with Crippen molar-refractivity contribution in [3.05, 3.63) is 30.3 Å². The van der Waals surface area contributed by atoms with Crippen LogP contribution in [-0.2, 0) is 4.79 Å². The Balaban J connectivity index is 1.60. The summed E-state index contributed by atoms with van der Waals surface area (Å²) in [5.41, 5.74) is 0.616. The zero-order valence-electron chi connectivity index (χ0n) is 15.5. The van der Waals surface area contributed by atoms with Crippen molar-refractivity contribution in [2.24, 2.45) is 0 Å². The second kappa shape index (κ2) is 9.43. The van der Waals surface area contributed by atoms with Gasteiger partial charge in [-0.3, -0.25) is 4.79 Å². The molecule has 2 heterocycles. The first kappa shape index (κ1) is 20.0. The van der Waals surface area contributed by atoms with E-state index in [4.69, 9.17) is 0 Å². The lowest BCUT2D eigenvalue weighted by Crippen LogP contribution is -2.30. The molecule has 0 fully saturated rings. The largest absolute Gasteiger partial charge is 0.355 e. The van der Waals surface area contributed by atoms with E-state index in [2.05, 4.69) is 34.0 Å². The summed E-state index contributed by atoms with van der Waals surface area (Å²) in [6, 6.07) is 5.01. The molecule has 0 aliphatic heterocycles. The van der Waals surface area contributed by atoms with Crippen LogP contribution in [0.4, 0.5) is 4.39 Å². The van der Waals surface area contributed by atoms with Gasteiger partial charge in [0.25, 0.3) is 0 Å². The Morgan fingerprint density at radius 3 is 2.89 bits per heavy atom. The van der Waals surface area contributed by atoms with Gasteiger partial charge in [-0.25, -0.2) is 14.4 Å². The zero-order valence-corrected chi connectivity index (χ0v) is 17.1. The fraction of sp³-hybridized carbons (Fsp3) is 0.421. The lowest BCUT2D eigenvalue weighted by molar-refractivity contribution is -0.118. The van der Waals surface area contributed by atoms with Gasteiger partial charge in [0.05, 0.1) is 21.4 Å². The van der Waals surface area contributed by atoms with Crippen molar-refractivity contribution in [3.63, 3.8) is 0 Å². The molecule has 3 rings (SSSR count). The molecule has 0 atom stereocenters. The Bertz CT molecular complexity index is 927. The summed E-state index contributed by atoms with van der Waals surface area (Å²) in [7, 11) is 0. The summed E-state index contributed by atoms with van der Waals surface area (Å²) in [5.74, 6) is -0.00774. The monoisotopic (exact) mass is 406 g/mol. The molecule has 0 aliphatic rings. The van der Waals surface area contributed by atoms with Crippen LogP contribution in [0.15, 0.2) is 29.6 Å². The van der Waals surface area contributed by atoms with Crippen LogP contribution in [0, 0.1) is 5.82 Å². The van der Waals surface area contributed by atoms with Gasteiger partial charge in [0, 0.05) is 11.2 Å². The first-order valence-corrected chi connectivity index (χ1v) is 10.9. The Morgan fingerprint density at radius 1 is 1.30 bits per heavy atom. The van der Waals surface area contributed by atoms with Gasteiger partial charge in [0.2, 0.25) is 5.91 Å². The van der Waals surface area contributed by atoms with Crippen LogP contribution >= 0.6 is 23.1 Å². The minimum Gasteiger partial charge on any atom is -0.355 e. The number of nitrogens with one attached hydrogen (secondary N) is 1.